The first-order chi connectivity index (χ1) is 10.8. The number of aromatic nitrogens is 2. The lowest BCUT2D eigenvalue weighted by atomic mass is 10.1. The summed E-state index contributed by atoms with van der Waals surface area (Å²) in [7, 11) is 0. The molecular formula is C16H18N4O2. The molecule has 1 fully saturated rings. The standard InChI is InChI=1S/C16H18N4O2/c17-12-2-1-7-20(9-12)16-6-4-13(18-19-16)11-3-5-14-15(8-11)22-10-21-14/h3-6,8,12H,1-2,7,9-10,17H2. The van der Waals surface area contributed by atoms with Gasteiger partial charge in [0.05, 0.1) is 5.69 Å². The number of fused-ring (bicyclic) bond motifs is 1. The normalized spacial score (nSPS) is 20.2. The van der Waals surface area contributed by atoms with Crippen molar-refractivity contribution in [2.45, 2.75) is 18.9 Å². The van der Waals surface area contributed by atoms with Crippen molar-refractivity contribution in [2.24, 2.45) is 5.73 Å². The van der Waals surface area contributed by atoms with Gasteiger partial charge in [0.25, 0.3) is 0 Å². The topological polar surface area (TPSA) is 73.5 Å². The molecule has 2 aliphatic rings. The Balaban J connectivity index is 1.56. The molecule has 1 aromatic heterocycles. The maximum atomic E-state index is 6.02. The van der Waals surface area contributed by atoms with E-state index in [1.54, 1.807) is 0 Å². The molecule has 1 unspecified atom stereocenters. The molecular weight excluding hydrogens is 280 g/mol. The molecule has 0 bridgehead atoms. The van der Waals surface area contributed by atoms with Crippen molar-refractivity contribution >= 4 is 5.82 Å². The summed E-state index contributed by atoms with van der Waals surface area (Å²) < 4.78 is 10.7. The number of benzene rings is 1. The molecule has 0 radical (unpaired) electrons. The summed E-state index contributed by atoms with van der Waals surface area (Å²) in [5, 5.41) is 8.70. The van der Waals surface area contributed by atoms with Crippen LogP contribution in [0.4, 0.5) is 5.82 Å². The van der Waals surface area contributed by atoms with Crippen LogP contribution < -0.4 is 20.1 Å². The minimum atomic E-state index is 0.226. The highest BCUT2D eigenvalue weighted by Gasteiger charge is 2.19. The lowest BCUT2D eigenvalue weighted by Crippen LogP contribution is -2.43. The number of nitrogens with two attached hydrogens (primary N) is 1. The van der Waals surface area contributed by atoms with Crippen molar-refractivity contribution in [3.63, 3.8) is 0 Å². The third kappa shape index (κ3) is 2.46. The third-order valence-corrected chi connectivity index (χ3v) is 4.10. The van der Waals surface area contributed by atoms with Crippen LogP contribution in [0.2, 0.25) is 0 Å². The Labute approximate surface area is 128 Å². The lowest BCUT2D eigenvalue weighted by Gasteiger charge is -2.31. The van der Waals surface area contributed by atoms with Gasteiger partial charge in [0.1, 0.15) is 0 Å². The Morgan fingerprint density at radius 3 is 2.82 bits per heavy atom. The number of ether oxygens (including phenoxy) is 2. The predicted octanol–water partition coefficient (Wildman–Crippen LogP) is 1.80. The first-order valence-electron chi connectivity index (χ1n) is 7.54. The van der Waals surface area contributed by atoms with Crippen LogP contribution in [-0.4, -0.2) is 36.1 Å². The Hall–Kier alpha value is -2.34. The molecule has 2 aliphatic heterocycles. The summed E-state index contributed by atoms with van der Waals surface area (Å²) >= 11 is 0. The highest BCUT2D eigenvalue weighted by Crippen LogP contribution is 2.35. The molecule has 4 rings (SSSR count). The first-order valence-corrected chi connectivity index (χ1v) is 7.54. The molecule has 0 saturated carbocycles. The van der Waals surface area contributed by atoms with Gasteiger partial charge in [0.15, 0.2) is 17.3 Å². The second kappa shape index (κ2) is 5.46. The second-order valence-corrected chi connectivity index (χ2v) is 5.69. The fraction of sp³-hybridized carbons (Fsp3) is 0.375. The average molecular weight is 298 g/mol. The van der Waals surface area contributed by atoms with E-state index in [1.807, 2.05) is 30.3 Å². The van der Waals surface area contributed by atoms with Crippen LogP contribution in [0.1, 0.15) is 12.8 Å². The van der Waals surface area contributed by atoms with Crippen molar-refractivity contribution in [1.29, 1.82) is 0 Å². The molecule has 6 nitrogen and oxygen atoms in total. The molecule has 1 aromatic carbocycles. The van der Waals surface area contributed by atoms with Crippen LogP contribution in [-0.2, 0) is 0 Å². The smallest absolute Gasteiger partial charge is 0.231 e. The quantitative estimate of drug-likeness (QED) is 0.911. The van der Waals surface area contributed by atoms with E-state index in [1.165, 1.54) is 0 Å². The summed E-state index contributed by atoms with van der Waals surface area (Å²) in [6, 6.07) is 10.0. The predicted molar refractivity (Wildman–Crippen MR) is 83.0 cm³/mol. The molecule has 0 spiro atoms. The molecule has 22 heavy (non-hydrogen) atoms. The SMILES string of the molecule is NC1CCCN(c2ccc(-c3ccc4c(c3)OCO4)nn2)C1. The van der Waals surface area contributed by atoms with E-state index >= 15 is 0 Å². The zero-order valence-corrected chi connectivity index (χ0v) is 12.2. The highest BCUT2D eigenvalue weighted by molar-refractivity contribution is 5.64. The Morgan fingerprint density at radius 2 is 2.00 bits per heavy atom. The van der Waals surface area contributed by atoms with E-state index in [-0.39, 0.29) is 12.8 Å². The molecule has 2 aromatic rings. The average Bonchev–Trinajstić information content (AvgIpc) is 3.02. The van der Waals surface area contributed by atoms with Crippen LogP contribution in [0, 0.1) is 0 Å². The van der Waals surface area contributed by atoms with Crippen molar-refractivity contribution in [1.82, 2.24) is 10.2 Å². The maximum absolute atomic E-state index is 6.02. The van der Waals surface area contributed by atoms with E-state index in [0.717, 1.165) is 54.5 Å². The summed E-state index contributed by atoms with van der Waals surface area (Å²) in [5.74, 6) is 2.42. The van der Waals surface area contributed by atoms with Gasteiger partial charge in [0.2, 0.25) is 6.79 Å². The van der Waals surface area contributed by atoms with Crippen molar-refractivity contribution in [3.8, 4) is 22.8 Å². The lowest BCUT2D eigenvalue weighted by molar-refractivity contribution is 0.174. The van der Waals surface area contributed by atoms with E-state index in [9.17, 15) is 0 Å². The maximum Gasteiger partial charge on any atom is 0.231 e. The van der Waals surface area contributed by atoms with Crippen LogP contribution in [0.15, 0.2) is 30.3 Å². The molecule has 1 atom stereocenters. The Kier molecular flexibility index (Phi) is 3.31. The van der Waals surface area contributed by atoms with Crippen LogP contribution in [0.25, 0.3) is 11.3 Å². The monoisotopic (exact) mass is 298 g/mol. The molecule has 2 N–H and O–H groups in total. The molecule has 6 heteroatoms. The van der Waals surface area contributed by atoms with Crippen molar-refractivity contribution in [3.05, 3.63) is 30.3 Å². The van der Waals surface area contributed by atoms with Gasteiger partial charge in [-0.05, 0) is 43.2 Å². The van der Waals surface area contributed by atoms with E-state index in [0.29, 0.717) is 0 Å². The Morgan fingerprint density at radius 1 is 1.09 bits per heavy atom. The van der Waals surface area contributed by atoms with Gasteiger partial charge in [-0.1, -0.05) is 0 Å². The number of hydrogen-bond donors (Lipinski definition) is 1. The van der Waals surface area contributed by atoms with Gasteiger partial charge >= 0.3 is 0 Å². The van der Waals surface area contributed by atoms with Gasteiger partial charge < -0.3 is 20.1 Å². The molecule has 3 heterocycles. The van der Waals surface area contributed by atoms with Crippen molar-refractivity contribution in [2.75, 3.05) is 24.8 Å². The van der Waals surface area contributed by atoms with Gasteiger partial charge in [0, 0.05) is 24.7 Å². The molecule has 114 valence electrons. The van der Waals surface area contributed by atoms with Gasteiger partial charge in [-0.15, -0.1) is 10.2 Å². The summed E-state index contributed by atoms with van der Waals surface area (Å²) in [6.07, 6.45) is 2.19. The molecule has 0 amide bonds. The van der Waals surface area contributed by atoms with Crippen LogP contribution in [0.5, 0.6) is 11.5 Å². The van der Waals surface area contributed by atoms with Gasteiger partial charge in [-0.3, -0.25) is 0 Å². The summed E-state index contributed by atoms with van der Waals surface area (Å²) in [6.45, 7) is 2.11. The second-order valence-electron chi connectivity index (χ2n) is 5.69. The number of nitrogens with zero attached hydrogens (tertiary/aromatic N) is 3. The highest BCUT2D eigenvalue weighted by atomic mass is 16.7. The fourth-order valence-electron chi connectivity index (χ4n) is 2.92. The third-order valence-electron chi connectivity index (χ3n) is 4.10. The summed E-state index contributed by atoms with van der Waals surface area (Å²) in [4.78, 5) is 2.20. The number of rotatable bonds is 2. The van der Waals surface area contributed by atoms with Crippen LogP contribution >= 0.6 is 0 Å². The van der Waals surface area contributed by atoms with Gasteiger partial charge in [-0.25, -0.2) is 0 Å². The fourth-order valence-corrected chi connectivity index (χ4v) is 2.92. The van der Waals surface area contributed by atoms with E-state index < -0.39 is 0 Å². The Bertz CT molecular complexity index is 674. The van der Waals surface area contributed by atoms with Gasteiger partial charge in [-0.2, -0.15) is 0 Å². The number of piperidine rings is 1. The zero-order chi connectivity index (χ0) is 14.9. The first kappa shape index (κ1) is 13.3. The van der Waals surface area contributed by atoms with E-state index in [4.69, 9.17) is 15.2 Å². The minimum absolute atomic E-state index is 0.226. The van der Waals surface area contributed by atoms with Crippen molar-refractivity contribution < 1.29 is 9.47 Å². The zero-order valence-electron chi connectivity index (χ0n) is 12.2. The largest absolute Gasteiger partial charge is 0.454 e. The number of anilines is 1. The number of hydrogen-bond acceptors (Lipinski definition) is 6. The summed E-state index contributed by atoms with van der Waals surface area (Å²) in [5.41, 5.74) is 7.81. The van der Waals surface area contributed by atoms with Crippen LogP contribution in [0.3, 0.4) is 0 Å². The molecule has 1 saturated heterocycles. The van der Waals surface area contributed by atoms with E-state index in [2.05, 4.69) is 15.1 Å². The minimum Gasteiger partial charge on any atom is -0.454 e. The molecule has 0 aliphatic carbocycles.